The number of nitrogens with zero attached hydrogens (tertiary/aromatic N) is 2. The van der Waals surface area contributed by atoms with Gasteiger partial charge in [0, 0.05) is 0 Å². The molecule has 198 valence electrons. The van der Waals surface area contributed by atoms with Crippen LogP contribution in [0.15, 0.2) is 93.9 Å². The van der Waals surface area contributed by atoms with Crippen molar-refractivity contribution in [3.63, 3.8) is 0 Å². The molecule has 1 aliphatic rings. The lowest BCUT2D eigenvalue weighted by molar-refractivity contribution is -0.139. The third-order valence-corrected chi connectivity index (χ3v) is 8.76. The van der Waals surface area contributed by atoms with Crippen LogP contribution in [0, 0.1) is 7.14 Å². The average Bonchev–Trinajstić information content (AvgIpc) is 3.22. The number of fused-ring (bicyclic) bond motifs is 1. The largest absolute Gasteiger partial charge is 0.487 e. The second-order valence-electron chi connectivity index (χ2n) is 8.80. The van der Waals surface area contributed by atoms with Crippen LogP contribution in [-0.4, -0.2) is 17.1 Å². The van der Waals surface area contributed by atoms with Gasteiger partial charge in [0.2, 0.25) is 0 Å². The minimum atomic E-state index is -0.613. The molecule has 9 heteroatoms. The molecule has 1 aliphatic heterocycles. The molecule has 0 fully saturated rings. The summed E-state index contributed by atoms with van der Waals surface area (Å²) in [7, 11) is 0. The van der Waals surface area contributed by atoms with E-state index in [1.54, 1.807) is 18.4 Å². The number of thiazole rings is 1. The number of rotatable bonds is 7. The summed E-state index contributed by atoms with van der Waals surface area (Å²) >= 11 is 5.85. The Kier molecular flexibility index (Phi) is 8.67. The van der Waals surface area contributed by atoms with E-state index in [2.05, 4.69) is 50.2 Å². The lowest BCUT2D eigenvalue weighted by atomic mass is 9.96. The summed E-state index contributed by atoms with van der Waals surface area (Å²) in [6.07, 6.45) is 1.88. The molecule has 4 aromatic rings. The number of ether oxygens (including phenoxy) is 2. The standard InChI is InChI=1S/C30H24I2N2O4S/c1-3-37-29(36)25-18(2)33-30-34(26(25)21-12-8-5-9-13-21)28(35)24(39-30)16-20-14-22(31)27(23(32)15-20)38-17-19-10-6-4-7-11-19/h4-16,26H,3,17H2,1-2H3/b24-16-/t26-/m1/s1. The van der Waals surface area contributed by atoms with E-state index < -0.39 is 12.0 Å². The quantitative estimate of drug-likeness (QED) is 0.182. The molecule has 0 saturated carbocycles. The first kappa shape index (κ1) is 27.8. The Morgan fingerprint density at radius 2 is 1.69 bits per heavy atom. The minimum Gasteiger partial charge on any atom is -0.487 e. The molecule has 0 radical (unpaired) electrons. The van der Waals surface area contributed by atoms with Gasteiger partial charge in [0.05, 0.1) is 35.6 Å². The first-order valence-electron chi connectivity index (χ1n) is 12.3. The fourth-order valence-corrected chi connectivity index (χ4v) is 7.60. The van der Waals surface area contributed by atoms with Crippen molar-refractivity contribution in [2.24, 2.45) is 4.99 Å². The van der Waals surface area contributed by atoms with Gasteiger partial charge in [-0.3, -0.25) is 9.36 Å². The summed E-state index contributed by atoms with van der Waals surface area (Å²) in [6, 6.07) is 23.0. The molecule has 39 heavy (non-hydrogen) atoms. The molecule has 0 spiro atoms. The number of hydrogen-bond acceptors (Lipinski definition) is 6. The van der Waals surface area contributed by atoms with Crippen LogP contribution in [0.3, 0.4) is 0 Å². The molecule has 0 bridgehead atoms. The number of esters is 1. The Morgan fingerprint density at radius 3 is 2.33 bits per heavy atom. The summed E-state index contributed by atoms with van der Waals surface area (Å²) < 4.78 is 15.5. The number of halogens is 2. The number of carbonyl (C=O) groups is 1. The van der Waals surface area contributed by atoms with E-state index in [4.69, 9.17) is 9.47 Å². The van der Waals surface area contributed by atoms with Gasteiger partial charge in [0.25, 0.3) is 5.56 Å². The van der Waals surface area contributed by atoms with E-state index in [0.717, 1.165) is 29.6 Å². The van der Waals surface area contributed by atoms with Crippen LogP contribution in [0.4, 0.5) is 0 Å². The maximum absolute atomic E-state index is 13.8. The number of benzene rings is 3. The Bertz CT molecular complexity index is 1720. The number of carbonyl (C=O) groups excluding carboxylic acids is 1. The number of hydrogen-bond donors (Lipinski definition) is 0. The third-order valence-electron chi connectivity index (χ3n) is 6.18. The Labute approximate surface area is 257 Å². The molecule has 2 heterocycles. The summed E-state index contributed by atoms with van der Waals surface area (Å²) in [4.78, 5) is 32.0. The molecular formula is C30H24I2N2O4S. The zero-order valence-corrected chi connectivity index (χ0v) is 26.3. The van der Waals surface area contributed by atoms with Crippen LogP contribution in [0.5, 0.6) is 5.75 Å². The fourth-order valence-electron chi connectivity index (χ4n) is 4.42. The summed E-state index contributed by atoms with van der Waals surface area (Å²) in [5, 5.41) is 0. The molecule has 0 unspecified atom stereocenters. The average molecular weight is 762 g/mol. The highest BCUT2D eigenvalue weighted by Crippen LogP contribution is 2.31. The van der Waals surface area contributed by atoms with Crippen LogP contribution in [-0.2, 0) is 16.1 Å². The predicted molar refractivity (Wildman–Crippen MR) is 169 cm³/mol. The van der Waals surface area contributed by atoms with E-state index in [1.807, 2.05) is 78.9 Å². The molecule has 1 atom stereocenters. The lowest BCUT2D eigenvalue weighted by Crippen LogP contribution is -2.39. The van der Waals surface area contributed by atoms with Crippen molar-refractivity contribution in [1.82, 2.24) is 4.57 Å². The number of allylic oxidation sites excluding steroid dienone is 1. The van der Waals surface area contributed by atoms with Crippen LogP contribution in [0.1, 0.15) is 36.6 Å². The van der Waals surface area contributed by atoms with Gasteiger partial charge in [-0.2, -0.15) is 0 Å². The van der Waals surface area contributed by atoms with Crippen LogP contribution >= 0.6 is 56.5 Å². The van der Waals surface area contributed by atoms with Crippen molar-refractivity contribution in [2.45, 2.75) is 26.5 Å². The van der Waals surface area contributed by atoms with Crippen molar-refractivity contribution in [1.29, 1.82) is 0 Å². The first-order valence-corrected chi connectivity index (χ1v) is 15.2. The van der Waals surface area contributed by atoms with Gasteiger partial charge in [0.15, 0.2) is 4.80 Å². The van der Waals surface area contributed by atoms with E-state index in [-0.39, 0.29) is 12.2 Å². The van der Waals surface area contributed by atoms with E-state index in [9.17, 15) is 9.59 Å². The SMILES string of the molecule is CCOC(=O)C1=C(C)N=c2s/c(=C\c3cc(I)c(OCc4ccccc4)c(I)c3)c(=O)n2[C@@H]1c1ccccc1. The maximum Gasteiger partial charge on any atom is 0.338 e. The molecule has 1 aromatic heterocycles. The smallest absolute Gasteiger partial charge is 0.338 e. The van der Waals surface area contributed by atoms with Gasteiger partial charge >= 0.3 is 5.97 Å². The molecule has 5 rings (SSSR count). The second-order valence-corrected chi connectivity index (χ2v) is 12.1. The highest BCUT2D eigenvalue weighted by molar-refractivity contribution is 14.1. The van der Waals surface area contributed by atoms with Crippen LogP contribution in [0.2, 0.25) is 0 Å². The molecule has 0 saturated heterocycles. The maximum atomic E-state index is 13.8. The minimum absolute atomic E-state index is 0.198. The van der Waals surface area contributed by atoms with Gasteiger partial charge in [-0.1, -0.05) is 72.0 Å². The van der Waals surface area contributed by atoms with E-state index in [0.29, 0.717) is 27.2 Å². The molecule has 6 nitrogen and oxygen atoms in total. The van der Waals surface area contributed by atoms with E-state index in [1.165, 1.54) is 11.3 Å². The van der Waals surface area contributed by atoms with Crippen molar-refractivity contribution >= 4 is 68.6 Å². The highest BCUT2D eigenvalue weighted by atomic mass is 127. The van der Waals surface area contributed by atoms with Gasteiger partial charge in [-0.05, 0) is 93.9 Å². The monoisotopic (exact) mass is 762 g/mol. The second kappa shape index (κ2) is 12.2. The van der Waals surface area contributed by atoms with Crippen molar-refractivity contribution < 1.29 is 14.3 Å². The van der Waals surface area contributed by atoms with Crippen molar-refractivity contribution in [3.05, 3.63) is 128 Å². The van der Waals surface area contributed by atoms with Crippen LogP contribution in [0.25, 0.3) is 6.08 Å². The van der Waals surface area contributed by atoms with E-state index >= 15 is 0 Å². The highest BCUT2D eigenvalue weighted by Gasteiger charge is 2.33. The fraction of sp³-hybridized carbons (Fsp3) is 0.167. The van der Waals surface area contributed by atoms with Crippen molar-refractivity contribution in [3.8, 4) is 5.75 Å². The Hall–Kier alpha value is -2.77. The lowest BCUT2D eigenvalue weighted by Gasteiger charge is -2.24. The summed E-state index contributed by atoms with van der Waals surface area (Å²) in [6.45, 7) is 4.27. The predicted octanol–water partition coefficient (Wildman–Crippen LogP) is 5.59. The zero-order chi connectivity index (χ0) is 27.5. The molecule has 3 aromatic carbocycles. The van der Waals surface area contributed by atoms with Crippen LogP contribution < -0.4 is 19.6 Å². The van der Waals surface area contributed by atoms with Gasteiger partial charge in [-0.25, -0.2) is 9.79 Å². The molecular weight excluding hydrogens is 738 g/mol. The Balaban J connectivity index is 1.56. The molecule has 0 aliphatic carbocycles. The summed E-state index contributed by atoms with van der Waals surface area (Å²) in [5.41, 5.74) is 3.55. The van der Waals surface area contributed by atoms with Gasteiger partial charge < -0.3 is 9.47 Å². The van der Waals surface area contributed by atoms with Gasteiger partial charge in [-0.15, -0.1) is 0 Å². The van der Waals surface area contributed by atoms with Crippen molar-refractivity contribution in [2.75, 3.05) is 6.61 Å². The molecule has 0 N–H and O–H groups in total. The first-order chi connectivity index (χ1) is 18.9. The van der Waals surface area contributed by atoms with Gasteiger partial charge in [0.1, 0.15) is 12.4 Å². The molecule has 0 amide bonds. The Morgan fingerprint density at radius 1 is 1.05 bits per heavy atom. The normalized spacial score (nSPS) is 15.1. The zero-order valence-electron chi connectivity index (χ0n) is 21.2. The third kappa shape index (κ3) is 5.90. The topological polar surface area (TPSA) is 69.9 Å². The number of aromatic nitrogens is 1. The summed E-state index contributed by atoms with van der Waals surface area (Å²) in [5.74, 6) is 0.356.